The third-order valence-electron chi connectivity index (χ3n) is 2.72. The summed E-state index contributed by atoms with van der Waals surface area (Å²) in [5.74, 6) is 0.750. The molecule has 0 saturated carbocycles. The molecule has 1 unspecified atom stereocenters. The van der Waals surface area contributed by atoms with Crippen molar-refractivity contribution in [1.82, 2.24) is 15.0 Å². The zero-order valence-corrected chi connectivity index (χ0v) is 11.1. The van der Waals surface area contributed by atoms with Crippen molar-refractivity contribution < 1.29 is 9.47 Å². The maximum absolute atomic E-state index is 6.20. The van der Waals surface area contributed by atoms with E-state index in [1.807, 2.05) is 19.1 Å². The average molecular weight is 260 g/mol. The van der Waals surface area contributed by atoms with Crippen molar-refractivity contribution >= 4 is 0 Å². The third kappa shape index (κ3) is 2.79. The Morgan fingerprint density at radius 2 is 2.00 bits per heavy atom. The number of ether oxygens (including phenoxy) is 2. The number of methoxy groups -OCH3 is 2. The fourth-order valence-electron chi connectivity index (χ4n) is 1.75. The molecule has 2 rings (SSSR count). The molecule has 0 aromatic carbocycles. The van der Waals surface area contributed by atoms with Gasteiger partial charge in [0.15, 0.2) is 0 Å². The van der Waals surface area contributed by atoms with E-state index >= 15 is 0 Å². The maximum atomic E-state index is 6.20. The molecule has 0 radical (unpaired) electrons. The van der Waals surface area contributed by atoms with Crippen LogP contribution in [0.4, 0.5) is 0 Å². The van der Waals surface area contributed by atoms with Crippen molar-refractivity contribution in [3.05, 3.63) is 41.5 Å². The van der Waals surface area contributed by atoms with Gasteiger partial charge in [0.1, 0.15) is 5.69 Å². The molecule has 0 spiro atoms. The molecule has 2 N–H and O–H groups in total. The minimum atomic E-state index is -0.421. The lowest BCUT2D eigenvalue weighted by atomic mass is 10.1. The van der Waals surface area contributed by atoms with Crippen molar-refractivity contribution in [2.75, 3.05) is 14.2 Å². The Morgan fingerprint density at radius 3 is 2.63 bits per heavy atom. The van der Waals surface area contributed by atoms with Crippen molar-refractivity contribution in [2.45, 2.75) is 13.0 Å². The largest absolute Gasteiger partial charge is 0.480 e. The lowest BCUT2D eigenvalue weighted by Gasteiger charge is -2.14. The summed E-state index contributed by atoms with van der Waals surface area (Å²) in [6, 6.07) is 3.34. The zero-order chi connectivity index (χ0) is 13.8. The number of pyridine rings is 1. The number of hydrogen-bond acceptors (Lipinski definition) is 6. The van der Waals surface area contributed by atoms with Crippen LogP contribution in [0.5, 0.6) is 11.8 Å². The molecule has 0 bridgehead atoms. The van der Waals surface area contributed by atoms with Gasteiger partial charge in [-0.1, -0.05) is 0 Å². The van der Waals surface area contributed by atoms with E-state index in [-0.39, 0.29) is 0 Å². The molecule has 0 amide bonds. The molecular weight excluding hydrogens is 244 g/mol. The van der Waals surface area contributed by atoms with Gasteiger partial charge in [-0.2, -0.15) is 4.98 Å². The summed E-state index contributed by atoms with van der Waals surface area (Å²) in [5, 5.41) is 0. The van der Waals surface area contributed by atoms with Crippen molar-refractivity contribution in [2.24, 2.45) is 5.73 Å². The van der Waals surface area contributed by atoms with Gasteiger partial charge < -0.3 is 15.2 Å². The quantitative estimate of drug-likeness (QED) is 0.890. The van der Waals surface area contributed by atoms with E-state index < -0.39 is 6.04 Å². The normalized spacial score (nSPS) is 12.0. The van der Waals surface area contributed by atoms with Gasteiger partial charge in [0.2, 0.25) is 11.8 Å². The van der Waals surface area contributed by atoms with Crippen LogP contribution in [0.2, 0.25) is 0 Å². The number of aromatic nitrogens is 3. The molecule has 0 aliphatic carbocycles. The van der Waals surface area contributed by atoms with Gasteiger partial charge in [0, 0.05) is 11.9 Å². The van der Waals surface area contributed by atoms with Crippen LogP contribution in [-0.2, 0) is 0 Å². The van der Waals surface area contributed by atoms with Crippen LogP contribution < -0.4 is 15.2 Å². The lowest BCUT2D eigenvalue weighted by molar-refractivity contribution is 0.355. The van der Waals surface area contributed by atoms with Gasteiger partial charge in [0.25, 0.3) is 0 Å². The number of nitrogens with zero attached hydrogens (tertiary/aromatic N) is 3. The summed E-state index contributed by atoms with van der Waals surface area (Å²) >= 11 is 0. The molecule has 2 aromatic rings. The Bertz CT molecular complexity index is 574. The summed E-state index contributed by atoms with van der Waals surface area (Å²) in [6.45, 7) is 1.91. The van der Waals surface area contributed by atoms with Crippen molar-refractivity contribution in [3.63, 3.8) is 0 Å². The Balaban J connectivity index is 2.40. The summed E-state index contributed by atoms with van der Waals surface area (Å²) in [6.07, 6.45) is 3.24. The van der Waals surface area contributed by atoms with Gasteiger partial charge in [-0.3, -0.25) is 4.98 Å². The van der Waals surface area contributed by atoms with Crippen molar-refractivity contribution in [1.29, 1.82) is 0 Å². The fourth-order valence-corrected chi connectivity index (χ4v) is 1.75. The summed E-state index contributed by atoms with van der Waals surface area (Å²) in [5.41, 5.74) is 8.57. The molecule has 1 atom stereocenters. The molecule has 2 heterocycles. The predicted octanol–water partition coefficient (Wildman–Crippen LogP) is 1.25. The zero-order valence-electron chi connectivity index (χ0n) is 11.1. The van der Waals surface area contributed by atoms with Crippen LogP contribution in [0, 0.1) is 6.92 Å². The first-order valence-electron chi connectivity index (χ1n) is 5.78. The second-order valence-corrected chi connectivity index (χ2v) is 4.02. The van der Waals surface area contributed by atoms with E-state index in [4.69, 9.17) is 15.2 Å². The first kappa shape index (κ1) is 13.2. The van der Waals surface area contributed by atoms with Crippen LogP contribution in [0.25, 0.3) is 0 Å². The second-order valence-electron chi connectivity index (χ2n) is 4.02. The van der Waals surface area contributed by atoms with E-state index in [0.29, 0.717) is 17.5 Å². The lowest BCUT2D eigenvalue weighted by Crippen LogP contribution is -2.16. The molecule has 6 nitrogen and oxygen atoms in total. The second kappa shape index (κ2) is 5.62. The summed E-state index contributed by atoms with van der Waals surface area (Å²) in [7, 11) is 3.05. The maximum Gasteiger partial charge on any atom is 0.240 e. The third-order valence-corrected chi connectivity index (χ3v) is 2.72. The number of hydrogen-bond donors (Lipinski definition) is 1. The molecule has 0 aliphatic rings. The Kier molecular flexibility index (Phi) is 3.91. The van der Waals surface area contributed by atoms with Gasteiger partial charge >= 0.3 is 0 Å². The monoisotopic (exact) mass is 260 g/mol. The molecule has 2 aromatic heterocycles. The predicted molar refractivity (Wildman–Crippen MR) is 70.1 cm³/mol. The SMILES string of the molecule is COc1cnc(C(N)c2ccnc(C)c2)c(OC)n1. The highest BCUT2D eigenvalue weighted by atomic mass is 16.5. The highest BCUT2D eigenvalue weighted by Gasteiger charge is 2.18. The number of nitrogens with two attached hydrogens (primary N) is 1. The Hall–Kier alpha value is -2.21. The topological polar surface area (TPSA) is 83.2 Å². The van der Waals surface area contributed by atoms with E-state index in [2.05, 4.69) is 15.0 Å². The van der Waals surface area contributed by atoms with Crippen molar-refractivity contribution in [3.8, 4) is 11.8 Å². The van der Waals surface area contributed by atoms with Gasteiger partial charge in [-0.05, 0) is 24.6 Å². The van der Waals surface area contributed by atoms with E-state index in [9.17, 15) is 0 Å². The minimum Gasteiger partial charge on any atom is -0.480 e. The smallest absolute Gasteiger partial charge is 0.240 e. The van der Waals surface area contributed by atoms with Crippen LogP contribution in [-0.4, -0.2) is 29.2 Å². The highest BCUT2D eigenvalue weighted by molar-refractivity contribution is 5.34. The molecule has 19 heavy (non-hydrogen) atoms. The molecule has 100 valence electrons. The molecule has 0 aliphatic heterocycles. The van der Waals surface area contributed by atoms with E-state index in [0.717, 1.165) is 11.3 Å². The molecule has 0 fully saturated rings. The Labute approximate surface area is 111 Å². The van der Waals surface area contributed by atoms with Crippen LogP contribution in [0.1, 0.15) is 23.0 Å². The summed E-state index contributed by atoms with van der Waals surface area (Å²) in [4.78, 5) is 12.6. The Morgan fingerprint density at radius 1 is 1.21 bits per heavy atom. The minimum absolute atomic E-state index is 0.362. The number of aryl methyl sites for hydroxylation is 1. The fraction of sp³-hybridized carbons (Fsp3) is 0.308. The number of rotatable bonds is 4. The van der Waals surface area contributed by atoms with E-state index in [1.165, 1.54) is 20.4 Å². The first-order chi connectivity index (χ1) is 9.15. The van der Waals surface area contributed by atoms with Gasteiger partial charge in [-0.25, -0.2) is 4.98 Å². The van der Waals surface area contributed by atoms with Crippen LogP contribution >= 0.6 is 0 Å². The van der Waals surface area contributed by atoms with Gasteiger partial charge in [0.05, 0.1) is 26.5 Å². The van der Waals surface area contributed by atoms with Crippen LogP contribution in [0.15, 0.2) is 24.5 Å². The van der Waals surface area contributed by atoms with Gasteiger partial charge in [-0.15, -0.1) is 0 Å². The standard InChI is InChI=1S/C13H16N4O2/c1-8-6-9(4-5-15-8)11(14)12-13(19-3)17-10(18-2)7-16-12/h4-7,11H,14H2,1-3H3. The average Bonchev–Trinajstić information content (AvgIpc) is 2.45. The highest BCUT2D eigenvalue weighted by Crippen LogP contribution is 2.26. The van der Waals surface area contributed by atoms with E-state index in [1.54, 1.807) is 6.20 Å². The summed E-state index contributed by atoms with van der Waals surface area (Å²) < 4.78 is 10.2. The molecular formula is C13H16N4O2. The molecule has 0 saturated heterocycles. The molecule has 6 heteroatoms. The first-order valence-corrected chi connectivity index (χ1v) is 5.78. The van der Waals surface area contributed by atoms with Crippen LogP contribution in [0.3, 0.4) is 0 Å².